The van der Waals surface area contributed by atoms with Gasteiger partial charge in [-0.05, 0) is 31.0 Å². The maximum atomic E-state index is 11.3. The lowest BCUT2D eigenvalue weighted by Gasteiger charge is -2.25. The molecule has 0 amide bonds. The number of ether oxygens (including phenoxy) is 1. The van der Waals surface area contributed by atoms with E-state index in [2.05, 4.69) is 5.32 Å². The third-order valence-corrected chi connectivity index (χ3v) is 4.04. The van der Waals surface area contributed by atoms with Gasteiger partial charge in [0, 0.05) is 24.9 Å². The van der Waals surface area contributed by atoms with Gasteiger partial charge < -0.3 is 15.2 Å². The summed E-state index contributed by atoms with van der Waals surface area (Å²) in [6.07, 6.45) is 1.55. The van der Waals surface area contributed by atoms with Crippen LogP contribution in [0.1, 0.15) is 23.2 Å². The third kappa shape index (κ3) is 3.47. The number of hydrogen-bond acceptors (Lipinski definition) is 5. The molecule has 1 aromatic rings. The minimum Gasteiger partial charge on any atom is -0.478 e. The number of carbonyl (C=O) groups is 1. The fraction of sp³-hybridized carbons (Fsp3) is 0.417. The third-order valence-electron chi connectivity index (χ3n) is 3.13. The average molecular weight is 300 g/mol. The smallest absolute Gasteiger partial charge is 0.337 e. The maximum Gasteiger partial charge on any atom is 0.337 e. The number of anilines is 1. The van der Waals surface area contributed by atoms with E-state index >= 15 is 0 Å². The molecule has 1 aromatic carbocycles. The molecule has 1 fully saturated rings. The van der Waals surface area contributed by atoms with Crippen molar-refractivity contribution in [1.29, 1.82) is 0 Å². The van der Waals surface area contributed by atoms with Crippen LogP contribution < -0.4 is 10.5 Å². The molecule has 110 valence electrons. The van der Waals surface area contributed by atoms with Gasteiger partial charge in [-0.1, -0.05) is 0 Å². The number of aromatic carboxylic acids is 1. The first-order valence-corrected chi connectivity index (χ1v) is 7.67. The summed E-state index contributed by atoms with van der Waals surface area (Å²) in [6.45, 7) is 1.24. The zero-order valence-corrected chi connectivity index (χ0v) is 11.5. The molecule has 0 atom stereocenters. The van der Waals surface area contributed by atoms with E-state index in [1.165, 1.54) is 12.1 Å². The van der Waals surface area contributed by atoms with Gasteiger partial charge in [-0.25, -0.2) is 18.4 Å². The van der Waals surface area contributed by atoms with Crippen molar-refractivity contribution in [2.24, 2.45) is 5.14 Å². The van der Waals surface area contributed by atoms with Crippen LogP contribution in [0.5, 0.6) is 0 Å². The Morgan fingerprint density at radius 3 is 2.55 bits per heavy atom. The number of sulfonamides is 1. The summed E-state index contributed by atoms with van der Waals surface area (Å²) in [6, 6.07) is 3.91. The van der Waals surface area contributed by atoms with Crippen LogP contribution in [0.25, 0.3) is 0 Å². The van der Waals surface area contributed by atoms with Crippen LogP contribution in [0, 0.1) is 0 Å². The van der Waals surface area contributed by atoms with Crippen molar-refractivity contribution in [2.45, 2.75) is 23.8 Å². The maximum absolute atomic E-state index is 11.3. The second-order valence-electron chi connectivity index (χ2n) is 4.59. The molecule has 20 heavy (non-hydrogen) atoms. The fourth-order valence-corrected chi connectivity index (χ4v) is 2.60. The first kappa shape index (κ1) is 14.8. The van der Waals surface area contributed by atoms with Crippen LogP contribution >= 0.6 is 0 Å². The molecule has 0 spiro atoms. The second-order valence-corrected chi connectivity index (χ2v) is 6.15. The summed E-state index contributed by atoms with van der Waals surface area (Å²) in [4.78, 5) is 11.0. The molecule has 0 bridgehead atoms. The molecule has 1 aliphatic rings. The molecule has 0 saturated carbocycles. The molecule has 1 saturated heterocycles. The predicted molar refractivity (Wildman–Crippen MR) is 72.2 cm³/mol. The SMILES string of the molecule is NS(=O)(=O)c1ccc(NC2CCOCC2)c(C(=O)O)c1. The normalized spacial score (nSPS) is 16.9. The van der Waals surface area contributed by atoms with Gasteiger partial charge in [0.1, 0.15) is 0 Å². The summed E-state index contributed by atoms with van der Waals surface area (Å²) in [5.74, 6) is -1.20. The number of hydrogen-bond donors (Lipinski definition) is 3. The molecule has 1 heterocycles. The lowest BCUT2D eigenvalue weighted by Crippen LogP contribution is -2.28. The largest absolute Gasteiger partial charge is 0.478 e. The quantitative estimate of drug-likeness (QED) is 0.750. The van der Waals surface area contributed by atoms with Gasteiger partial charge in [0.25, 0.3) is 0 Å². The van der Waals surface area contributed by atoms with Gasteiger partial charge in [0.15, 0.2) is 0 Å². The van der Waals surface area contributed by atoms with Gasteiger partial charge in [0.05, 0.1) is 10.5 Å². The van der Waals surface area contributed by atoms with E-state index in [0.29, 0.717) is 18.9 Å². The van der Waals surface area contributed by atoms with Crippen LogP contribution in [0.4, 0.5) is 5.69 Å². The molecule has 0 aliphatic carbocycles. The number of rotatable bonds is 4. The molecule has 4 N–H and O–H groups in total. The van der Waals surface area contributed by atoms with Crippen molar-refractivity contribution in [3.05, 3.63) is 23.8 Å². The fourth-order valence-electron chi connectivity index (χ4n) is 2.06. The topological polar surface area (TPSA) is 119 Å². The Bertz CT molecular complexity index is 608. The van der Waals surface area contributed by atoms with Crippen LogP contribution in [-0.2, 0) is 14.8 Å². The average Bonchev–Trinajstić information content (AvgIpc) is 2.38. The van der Waals surface area contributed by atoms with E-state index in [-0.39, 0.29) is 16.5 Å². The summed E-state index contributed by atoms with van der Waals surface area (Å²) in [5, 5.41) is 17.3. The number of carboxylic acid groups (broad SMARTS) is 1. The first-order valence-electron chi connectivity index (χ1n) is 6.12. The Hall–Kier alpha value is -1.64. The van der Waals surface area contributed by atoms with E-state index in [4.69, 9.17) is 9.88 Å². The summed E-state index contributed by atoms with van der Waals surface area (Å²) in [7, 11) is -3.92. The predicted octanol–water partition coefficient (Wildman–Crippen LogP) is 0.623. The highest BCUT2D eigenvalue weighted by Crippen LogP contribution is 2.23. The molecular weight excluding hydrogens is 284 g/mol. The zero-order valence-electron chi connectivity index (χ0n) is 10.7. The molecule has 0 radical (unpaired) electrons. The second kappa shape index (κ2) is 5.78. The highest BCUT2D eigenvalue weighted by atomic mass is 32.2. The van der Waals surface area contributed by atoms with Crippen LogP contribution in [-0.4, -0.2) is 38.7 Å². The molecular formula is C12H16N2O5S. The van der Waals surface area contributed by atoms with Crippen molar-refractivity contribution >= 4 is 21.7 Å². The Labute approximate surface area is 116 Å². The highest BCUT2D eigenvalue weighted by Gasteiger charge is 2.19. The van der Waals surface area contributed by atoms with E-state index in [1.54, 1.807) is 0 Å². The number of nitrogens with two attached hydrogens (primary N) is 1. The monoisotopic (exact) mass is 300 g/mol. The molecule has 0 unspecified atom stereocenters. The van der Waals surface area contributed by atoms with Crippen LogP contribution in [0.15, 0.2) is 23.1 Å². The molecule has 2 rings (SSSR count). The lowest BCUT2D eigenvalue weighted by atomic mass is 10.1. The van der Waals surface area contributed by atoms with Crippen LogP contribution in [0.3, 0.4) is 0 Å². The lowest BCUT2D eigenvalue weighted by molar-refractivity contribution is 0.0697. The van der Waals surface area contributed by atoms with E-state index in [9.17, 15) is 18.3 Å². The van der Waals surface area contributed by atoms with Gasteiger partial charge in [-0.2, -0.15) is 0 Å². The number of nitrogens with one attached hydrogen (secondary N) is 1. The van der Waals surface area contributed by atoms with Crippen molar-refractivity contribution in [3.63, 3.8) is 0 Å². The molecule has 0 aromatic heterocycles. The van der Waals surface area contributed by atoms with E-state index in [0.717, 1.165) is 18.9 Å². The summed E-state index contributed by atoms with van der Waals surface area (Å²) < 4.78 is 27.7. The standard InChI is InChI=1S/C12H16N2O5S/c13-20(17,18)9-1-2-11(10(7-9)12(15)16)14-8-3-5-19-6-4-8/h1-2,7-8,14H,3-6H2,(H,15,16)(H2,13,17,18). The van der Waals surface area contributed by atoms with Crippen molar-refractivity contribution in [1.82, 2.24) is 0 Å². The summed E-state index contributed by atoms with van der Waals surface area (Å²) in [5.41, 5.74) is 0.278. The first-order chi connectivity index (χ1) is 9.38. The Morgan fingerprint density at radius 2 is 2.00 bits per heavy atom. The summed E-state index contributed by atoms with van der Waals surface area (Å²) >= 11 is 0. The van der Waals surface area contributed by atoms with Gasteiger partial charge >= 0.3 is 5.97 Å². The molecule has 8 heteroatoms. The van der Waals surface area contributed by atoms with Crippen molar-refractivity contribution < 1.29 is 23.1 Å². The Kier molecular flexibility index (Phi) is 4.26. The highest BCUT2D eigenvalue weighted by molar-refractivity contribution is 7.89. The van der Waals surface area contributed by atoms with Gasteiger partial charge in [-0.15, -0.1) is 0 Å². The Balaban J connectivity index is 2.30. The molecule has 7 nitrogen and oxygen atoms in total. The molecule has 1 aliphatic heterocycles. The van der Waals surface area contributed by atoms with Crippen LogP contribution in [0.2, 0.25) is 0 Å². The minimum absolute atomic E-state index is 0.108. The van der Waals surface area contributed by atoms with Gasteiger partial charge in [0.2, 0.25) is 10.0 Å². The number of primary sulfonamides is 1. The van der Waals surface area contributed by atoms with Crippen molar-refractivity contribution in [3.8, 4) is 0 Å². The minimum atomic E-state index is -3.92. The number of benzene rings is 1. The van der Waals surface area contributed by atoms with E-state index in [1.807, 2.05) is 0 Å². The zero-order chi connectivity index (χ0) is 14.8. The van der Waals surface area contributed by atoms with Gasteiger partial charge in [-0.3, -0.25) is 0 Å². The Morgan fingerprint density at radius 1 is 1.35 bits per heavy atom. The van der Waals surface area contributed by atoms with Crippen molar-refractivity contribution in [2.75, 3.05) is 18.5 Å². The number of carboxylic acids is 1. The van der Waals surface area contributed by atoms with E-state index < -0.39 is 16.0 Å².